The first-order chi connectivity index (χ1) is 10.8. The number of rotatable bonds is 5. The number of hydrogen-bond donors (Lipinski definition) is 2. The van der Waals surface area contributed by atoms with Crippen LogP contribution in [-0.2, 0) is 4.79 Å². The van der Waals surface area contributed by atoms with E-state index >= 15 is 0 Å². The molecule has 2 aliphatic rings. The summed E-state index contributed by atoms with van der Waals surface area (Å²) >= 11 is 0. The molecule has 7 heteroatoms. The van der Waals surface area contributed by atoms with E-state index in [2.05, 4.69) is 27.7 Å². The van der Waals surface area contributed by atoms with Crippen LogP contribution in [-0.4, -0.2) is 45.2 Å². The third kappa shape index (κ3) is 5.16. The second kappa shape index (κ2) is 9.97. The summed E-state index contributed by atoms with van der Waals surface area (Å²) < 4.78 is 5.29. The highest BCUT2D eigenvalue weighted by Crippen LogP contribution is 2.26. The maximum Gasteiger partial charge on any atom is 0.237 e. The van der Waals surface area contributed by atoms with E-state index in [1.807, 2.05) is 12.1 Å². The van der Waals surface area contributed by atoms with E-state index in [1.165, 1.54) is 5.69 Å². The average Bonchev–Trinajstić information content (AvgIpc) is 3.24. The highest BCUT2D eigenvalue weighted by molar-refractivity contribution is 5.85. The van der Waals surface area contributed by atoms with E-state index in [1.54, 1.807) is 7.11 Å². The molecule has 0 bridgehead atoms. The molecule has 0 aliphatic carbocycles. The number of hydrogen-bond acceptors (Lipinski definition) is 4. The molecule has 0 spiro atoms. The molecular formula is C17H27Cl2N3O2. The summed E-state index contributed by atoms with van der Waals surface area (Å²) in [6.45, 7) is 3.77. The number of nitrogens with zero attached hydrogens (tertiary/aromatic N) is 1. The van der Waals surface area contributed by atoms with Gasteiger partial charge in [-0.3, -0.25) is 4.79 Å². The zero-order valence-corrected chi connectivity index (χ0v) is 15.6. The predicted molar refractivity (Wildman–Crippen MR) is 102 cm³/mol. The van der Waals surface area contributed by atoms with Crippen molar-refractivity contribution in [2.75, 3.05) is 38.2 Å². The lowest BCUT2D eigenvalue weighted by atomic mass is 10.1. The minimum absolute atomic E-state index is 0. The van der Waals surface area contributed by atoms with Crippen molar-refractivity contribution in [1.82, 2.24) is 10.6 Å². The van der Waals surface area contributed by atoms with Gasteiger partial charge in [0, 0.05) is 31.4 Å². The van der Waals surface area contributed by atoms with Crippen molar-refractivity contribution in [3.63, 3.8) is 0 Å². The molecule has 0 saturated carbocycles. The number of ether oxygens (including phenoxy) is 1. The highest BCUT2D eigenvalue weighted by Gasteiger charge is 2.26. The van der Waals surface area contributed by atoms with Crippen LogP contribution in [0.5, 0.6) is 5.75 Å². The van der Waals surface area contributed by atoms with Crippen LogP contribution in [0.15, 0.2) is 24.3 Å². The van der Waals surface area contributed by atoms with Gasteiger partial charge in [0.2, 0.25) is 5.91 Å². The Morgan fingerprint density at radius 1 is 1.38 bits per heavy atom. The fourth-order valence-corrected chi connectivity index (χ4v) is 3.32. The third-order valence-electron chi connectivity index (χ3n) is 4.65. The fraction of sp³-hybridized carbons (Fsp3) is 0.588. The zero-order chi connectivity index (χ0) is 15.4. The number of benzene rings is 1. The Morgan fingerprint density at radius 2 is 2.21 bits per heavy atom. The van der Waals surface area contributed by atoms with Gasteiger partial charge in [-0.05, 0) is 43.9 Å². The molecule has 2 fully saturated rings. The van der Waals surface area contributed by atoms with Crippen molar-refractivity contribution >= 4 is 36.4 Å². The molecule has 2 saturated heterocycles. The van der Waals surface area contributed by atoms with Gasteiger partial charge in [0.05, 0.1) is 13.2 Å². The Bertz CT molecular complexity index is 524. The summed E-state index contributed by atoms with van der Waals surface area (Å²) in [4.78, 5) is 14.4. The van der Waals surface area contributed by atoms with Crippen molar-refractivity contribution in [3.05, 3.63) is 24.3 Å². The molecule has 1 amide bonds. The van der Waals surface area contributed by atoms with Crippen molar-refractivity contribution in [3.8, 4) is 5.75 Å². The van der Waals surface area contributed by atoms with Gasteiger partial charge in [0.25, 0.3) is 0 Å². The van der Waals surface area contributed by atoms with E-state index in [0.29, 0.717) is 5.92 Å². The number of halogens is 2. The fourth-order valence-electron chi connectivity index (χ4n) is 3.32. The van der Waals surface area contributed by atoms with E-state index in [9.17, 15) is 4.79 Å². The first-order valence-corrected chi connectivity index (χ1v) is 8.16. The number of carbonyl (C=O) groups excluding carboxylic acids is 1. The first-order valence-electron chi connectivity index (χ1n) is 8.16. The van der Waals surface area contributed by atoms with Gasteiger partial charge >= 0.3 is 0 Å². The lowest BCUT2D eigenvalue weighted by molar-refractivity contribution is -0.122. The van der Waals surface area contributed by atoms with Gasteiger partial charge in [0.15, 0.2) is 0 Å². The van der Waals surface area contributed by atoms with Crippen LogP contribution < -0.4 is 20.3 Å². The normalized spacial score (nSPS) is 22.5. The van der Waals surface area contributed by atoms with Crippen LogP contribution in [0.1, 0.15) is 19.3 Å². The summed E-state index contributed by atoms with van der Waals surface area (Å²) in [5.74, 6) is 1.58. The molecular weight excluding hydrogens is 349 g/mol. The molecule has 136 valence electrons. The summed E-state index contributed by atoms with van der Waals surface area (Å²) in [6.07, 6.45) is 3.19. The minimum atomic E-state index is 0. The van der Waals surface area contributed by atoms with Crippen LogP contribution in [0.3, 0.4) is 0 Å². The van der Waals surface area contributed by atoms with E-state index < -0.39 is 0 Å². The van der Waals surface area contributed by atoms with Gasteiger partial charge < -0.3 is 20.3 Å². The summed E-state index contributed by atoms with van der Waals surface area (Å²) in [7, 11) is 1.69. The molecule has 2 aliphatic heterocycles. The van der Waals surface area contributed by atoms with Crippen LogP contribution in [0, 0.1) is 5.92 Å². The Kier molecular flexibility index (Phi) is 8.67. The molecule has 2 unspecified atom stereocenters. The Morgan fingerprint density at radius 3 is 2.92 bits per heavy atom. The smallest absolute Gasteiger partial charge is 0.237 e. The van der Waals surface area contributed by atoms with Gasteiger partial charge in [0.1, 0.15) is 5.75 Å². The lowest BCUT2D eigenvalue weighted by Crippen LogP contribution is -2.42. The van der Waals surface area contributed by atoms with Gasteiger partial charge in [-0.2, -0.15) is 0 Å². The quantitative estimate of drug-likeness (QED) is 0.828. The molecule has 2 N–H and O–H groups in total. The van der Waals surface area contributed by atoms with Crippen LogP contribution in [0.25, 0.3) is 0 Å². The summed E-state index contributed by atoms with van der Waals surface area (Å²) in [5, 5.41) is 6.35. The SMILES string of the molecule is COc1cccc(N2CCC(CNC(=O)C3CCCN3)C2)c1.Cl.Cl. The lowest BCUT2D eigenvalue weighted by Gasteiger charge is -2.20. The van der Waals surface area contributed by atoms with Crippen LogP contribution >= 0.6 is 24.8 Å². The molecule has 3 rings (SSSR count). The van der Waals surface area contributed by atoms with Crippen LogP contribution in [0.4, 0.5) is 5.69 Å². The maximum absolute atomic E-state index is 12.0. The summed E-state index contributed by atoms with van der Waals surface area (Å²) in [6, 6.07) is 8.20. The van der Waals surface area contributed by atoms with E-state index in [4.69, 9.17) is 4.74 Å². The largest absolute Gasteiger partial charge is 0.497 e. The Labute approximate surface area is 156 Å². The van der Waals surface area contributed by atoms with Gasteiger partial charge in [-0.25, -0.2) is 0 Å². The number of nitrogens with one attached hydrogen (secondary N) is 2. The van der Waals surface area contributed by atoms with Crippen molar-refractivity contribution < 1.29 is 9.53 Å². The molecule has 5 nitrogen and oxygen atoms in total. The first kappa shape index (κ1) is 20.9. The Balaban J connectivity index is 0.00000144. The molecule has 2 atom stereocenters. The Hall–Kier alpha value is -1.17. The number of anilines is 1. The molecule has 2 heterocycles. The minimum Gasteiger partial charge on any atom is -0.497 e. The number of methoxy groups -OCH3 is 1. The monoisotopic (exact) mass is 375 g/mol. The standard InChI is InChI=1S/C17H25N3O2.2ClH/c1-22-15-5-2-4-14(10-15)20-9-7-13(12-20)11-19-17(21)16-6-3-8-18-16;;/h2,4-5,10,13,16,18H,3,6-9,11-12H2,1H3,(H,19,21);2*1H. The zero-order valence-electron chi connectivity index (χ0n) is 14.0. The molecule has 0 radical (unpaired) electrons. The van der Waals surface area contributed by atoms with Crippen molar-refractivity contribution in [2.24, 2.45) is 5.92 Å². The number of amides is 1. The molecule has 0 aromatic heterocycles. The summed E-state index contributed by atoms with van der Waals surface area (Å²) in [5.41, 5.74) is 1.20. The average molecular weight is 376 g/mol. The highest BCUT2D eigenvalue weighted by atomic mass is 35.5. The molecule has 1 aromatic rings. The molecule has 24 heavy (non-hydrogen) atoms. The predicted octanol–water partition coefficient (Wildman–Crippen LogP) is 2.23. The third-order valence-corrected chi connectivity index (χ3v) is 4.65. The molecule has 1 aromatic carbocycles. The topological polar surface area (TPSA) is 53.6 Å². The van der Waals surface area contributed by atoms with Crippen molar-refractivity contribution in [1.29, 1.82) is 0 Å². The van der Waals surface area contributed by atoms with Gasteiger partial charge in [-0.15, -0.1) is 24.8 Å². The van der Waals surface area contributed by atoms with Crippen LogP contribution in [0.2, 0.25) is 0 Å². The van der Waals surface area contributed by atoms with E-state index in [-0.39, 0.29) is 36.8 Å². The number of carbonyl (C=O) groups is 1. The van der Waals surface area contributed by atoms with Gasteiger partial charge in [-0.1, -0.05) is 6.07 Å². The van der Waals surface area contributed by atoms with E-state index in [0.717, 1.165) is 51.2 Å². The maximum atomic E-state index is 12.0. The second-order valence-electron chi connectivity index (χ2n) is 6.20. The second-order valence-corrected chi connectivity index (χ2v) is 6.20. The van der Waals surface area contributed by atoms with Crippen molar-refractivity contribution in [2.45, 2.75) is 25.3 Å².